The smallest absolute Gasteiger partial charge is 0.219 e. The van der Waals surface area contributed by atoms with Gasteiger partial charge in [-0.05, 0) is 12.1 Å². The first kappa shape index (κ1) is 10.8. The molecule has 1 unspecified atom stereocenters. The fourth-order valence-corrected chi connectivity index (χ4v) is 1.63. The number of aromatic nitrogens is 1. The molecular formula is C12H13FN2O. The zero-order valence-corrected chi connectivity index (χ0v) is 8.98. The van der Waals surface area contributed by atoms with Crippen LogP contribution in [0.5, 0.6) is 5.88 Å². The van der Waals surface area contributed by atoms with Gasteiger partial charge in [0.05, 0.1) is 18.2 Å². The van der Waals surface area contributed by atoms with Gasteiger partial charge in [0.15, 0.2) is 0 Å². The molecular weight excluding hydrogens is 207 g/mol. The number of benzene rings is 1. The summed E-state index contributed by atoms with van der Waals surface area (Å²) in [4.78, 5) is 4.24. The van der Waals surface area contributed by atoms with Gasteiger partial charge in [0.2, 0.25) is 5.88 Å². The molecule has 2 rings (SSSR count). The molecule has 1 heterocycles. The van der Waals surface area contributed by atoms with Crippen LogP contribution in [-0.2, 0) is 0 Å². The summed E-state index contributed by atoms with van der Waals surface area (Å²) in [5.41, 5.74) is 6.50. The summed E-state index contributed by atoms with van der Waals surface area (Å²) in [5.74, 6) is 0.302. The summed E-state index contributed by atoms with van der Waals surface area (Å²) in [6, 6.07) is 9.24. The van der Waals surface area contributed by atoms with Crippen LogP contribution in [0.3, 0.4) is 0 Å². The highest BCUT2D eigenvalue weighted by Gasteiger charge is 2.15. The van der Waals surface area contributed by atoms with E-state index in [1.165, 1.54) is 7.11 Å². The van der Waals surface area contributed by atoms with Crippen molar-refractivity contribution >= 4 is 10.9 Å². The second-order valence-electron chi connectivity index (χ2n) is 3.48. The monoisotopic (exact) mass is 220 g/mol. The van der Waals surface area contributed by atoms with Gasteiger partial charge in [-0.1, -0.05) is 18.2 Å². The van der Waals surface area contributed by atoms with Crippen molar-refractivity contribution in [2.45, 2.75) is 6.17 Å². The molecule has 2 N–H and O–H groups in total. The first-order valence-electron chi connectivity index (χ1n) is 5.04. The SMILES string of the molecule is COc1nc2ccccc2cc1C(F)CN. The lowest BCUT2D eigenvalue weighted by atomic mass is 10.1. The van der Waals surface area contributed by atoms with E-state index in [2.05, 4.69) is 4.98 Å². The van der Waals surface area contributed by atoms with Crippen LogP contribution >= 0.6 is 0 Å². The molecule has 1 atom stereocenters. The van der Waals surface area contributed by atoms with Crippen molar-refractivity contribution in [1.29, 1.82) is 0 Å². The maximum atomic E-state index is 13.6. The zero-order valence-electron chi connectivity index (χ0n) is 8.98. The predicted molar refractivity (Wildman–Crippen MR) is 61.2 cm³/mol. The van der Waals surface area contributed by atoms with Crippen LogP contribution in [0.4, 0.5) is 4.39 Å². The van der Waals surface area contributed by atoms with Crippen LogP contribution < -0.4 is 10.5 Å². The molecule has 0 saturated carbocycles. The average molecular weight is 220 g/mol. The van der Waals surface area contributed by atoms with Gasteiger partial charge in [-0.15, -0.1) is 0 Å². The second-order valence-corrected chi connectivity index (χ2v) is 3.48. The van der Waals surface area contributed by atoms with E-state index in [9.17, 15) is 4.39 Å². The highest BCUT2D eigenvalue weighted by Crippen LogP contribution is 2.28. The van der Waals surface area contributed by atoms with Crippen molar-refractivity contribution in [3.05, 3.63) is 35.9 Å². The number of nitrogens with zero attached hydrogens (tertiary/aromatic N) is 1. The number of methoxy groups -OCH3 is 1. The van der Waals surface area contributed by atoms with Gasteiger partial charge in [-0.25, -0.2) is 9.37 Å². The molecule has 0 fully saturated rings. The molecule has 0 aliphatic rings. The topological polar surface area (TPSA) is 48.1 Å². The Morgan fingerprint density at radius 1 is 1.44 bits per heavy atom. The van der Waals surface area contributed by atoms with Crippen LogP contribution in [0.1, 0.15) is 11.7 Å². The lowest BCUT2D eigenvalue weighted by Gasteiger charge is -2.11. The number of hydrogen-bond acceptors (Lipinski definition) is 3. The van der Waals surface area contributed by atoms with E-state index in [0.29, 0.717) is 11.4 Å². The van der Waals surface area contributed by atoms with Crippen molar-refractivity contribution in [3.8, 4) is 5.88 Å². The second kappa shape index (κ2) is 4.45. The molecule has 1 aromatic heterocycles. The van der Waals surface area contributed by atoms with Crippen molar-refractivity contribution in [2.24, 2.45) is 5.73 Å². The quantitative estimate of drug-likeness (QED) is 0.862. The molecule has 84 valence electrons. The summed E-state index contributed by atoms with van der Waals surface area (Å²) in [7, 11) is 1.48. The van der Waals surface area contributed by atoms with Gasteiger partial charge in [-0.2, -0.15) is 0 Å². The lowest BCUT2D eigenvalue weighted by Crippen LogP contribution is -2.09. The number of para-hydroxylation sites is 1. The molecule has 0 aliphatic heterocycles. The normalized spacial score (nSPS) is 12.7. The number of rotatable bonds is 3. The molecule has 1 aromatic carbocycles. The van der Waals surface area contributed by atoms with Crippen LogP contribution in [0.15, 0.2) is 30.3 Å². The van der Waals surface area contributed by atoms with E-state index in [1.54, 1.807) is 6.07 Å². The summed E-state index contributed by atoms with van der Waals surface area (Å²) >= 11 is 0. The first-order valence-corrected chi connectivity index (χ1v) is 5.04. The highest BCUT2D eigenvalue weighted by atomic mass is 19.1. The molecule has 0 radical (unpaired) electrons. The third-order valence-electron chi connectivity index (χ3n) is 2.45. The molecule has 0 spiro atoms. The van der Waals surface area contributed by atoms with Crippen LogP contribution in [0.2, 0.25) is 0 Å². The Morgan fingerprint density at radius 3 is 2.88 bits per heavy atom. The minimum Gasteiger partial charge on any atom is -0.481 e. The van der Waals surface area contributed by atoms with Crippen molar-refractivity contribution in [3.63, 3.8) is 0 Å². The number of hydrogen-bond donors (Lipinski definition) is 1. The van der Waals surface area contributed by atoms with Crippen molar-refractivity contribution in [2.75, 3.05) is 13.7 Å². The Bertz CT molecular complexity index is 501. The standard InChI is InChI=1S/C12H13FN2O/c1-16-12-9(10(13)7-14)6-8-4-2-3-5-11(8)15-12/h2-6,10H,7,14H2,1H3. The van der Waals surface area contributed by atoms with Gasteiger partial charge >= 0.3 is 0 Å². The molecule has 0 saturated heterocycles. The summed E-state index contributed by atoms with van der Waals surface area (Å²) < 4.78 is 18.7. The van der Waals surface area contributed by atoms with E-state index in [4.69, 9.17) is 10.5 Å². The largest absolute Gasteiger partial charge is 0.481 e. The third-order valence-corrected chi connectivity index (χ3v) is 2.45. The van der Waals surface area contributed by atoms with Crippen molar-refractivity contribution < 1.29 is 9.13 Å². The zero-order chi connectivity index (χ0) is 11.5. The minimum absolute atomic E-state index is 0.0730. The lowest BCUT2D eigenvalue weighted by molar-refractivity contribution is 0.326. The molecule has 0 bridgehead atoms. The Kier molecular flexibility index (Phi) is 3.01. The number of nitrogens with two attached hydrogens (primary N) is 1. The Balaban J connectivity index is 2.62. The van der Waals surface area contributed by atoms with Gasteiger partial charge in [0, 0.05) is 11.9 Å². The Hall–Kier alpha value is -1.68. The molecule has 16 heavy (non-hydrogen) atoms. The van der Waals surface area contributed by atoms with Crippen LogP contribution in [-0.4, -0.2) is 18.6 Å². The van der Waals surface area contributed by atoms with Gasteiger partial charge in [-0.3, -0.25) is 0 Å². The molecule has 0 amide bonds. The van der Waals surface area contributed by atoms with Crippen LogP contribution in [0, 0.1) is 0 Å². The van der Waals surface area contributed by atoms with E-state index < -0.39 is 6.17 Å². The van der Waals surface area contributed by atoms with E-state index in [0.717, 1.165) is 10.9 Å². The van der Waals surface area contributed by atoms with Crippen molar-refractivity contribution in [1.82, 2.24) is 4.98 Å². The maximum Gasteiger partial charge on any atom is 0.219 e. The number of halogens is 1. The van der Waals surface area contributed by atoms with Gasteiger partial charge in [0.25, 0.3) is 0 Å². The molecule has 2 aromatic rings. The molecule has 4 heteroatoms. The molecule has 0 aliphatic carbocycles. The number of fused-ring (bicyclic) bond motifs is 1. The summed E-state index contributed by atoms with van der Waals surface area (Å²) in [6.45, 7) is -0.0730. The first-order chi connectivity index (χ1) is 7.76. The average Bonchev–Trinajstić information content (AvgIpc) is 2.36. The Labute approximate surface area is 93.0 Å². The third kappa shape index (κ3) is 1.84. The fourth-order valence-electron chi connectivity index (χ4n) is 1.63. The maximum absolute atomic E-state index is 13.6. The molecule has 3 nitrogen and oxygen atoms in total. The predicted octanol–water partition coefficient (Wildman–Crippen LogP) is 2.21. The number of alkyl halides is 1. The van der Waals surface area contributed by atoms with Gasteiger partial charge in [0.1, 0.15) is 6.17 Å². The summed E-state index contributed by atoms with van der Waals surface area (Å²) in [5, 5.41) is 0.884. The van der Waals surface area contributed by atoms with Gasteiger partial charge < -0.3 is 10.5 Å². The fraction of sp³-hybridized carbons (Fsp3) is 0.250. The minimum atomic E-state index is -1.24. The number of pyridine rings is 1. The van der Waals surface area contributed by atoms with E-state index in [-0.39, 0.29) is 6.54 Å². The number of ether oxygens (including phenoxy) is 1. The summed E-state index contributed by atoms with van der Waals surface area (Å²) in [6.07, 6.45) is -1.24. The highest BCUT2D eigenvalue weighted by molar-refractivity contribution is 5.80. The Morgan fingerprint density at radius 2 is 2.19 bits per heavy atom. The van der Waals surface area contributed by atoms with E-state index in [1.807, 2.05) is 24.3 Å². The van der Waals surface area contributed by atoms with E-state index >= 15 is 0 Å². The van der Waals surface area contributed by atoms with Crippen LogP contribution in [0.25, 0.3) is 10.9 Å².